The summed E-state index contributed by atoms with van der Waals surface area (Å²) in [5.41, 5.74) is 0. The Morgan fingerprint density at radius 1 is 1.47 bits per heavy atom. The number of likely N-dealkylation sites (N-methyl/N-ethyl adjacent to an activating group) is 1. The highest BCUT2D eigenvalue weighted by Crippen LogP contribution is 2.22. The van der Waals surface area contributed by atoms with Gasteiger partial charge in [0.1, 0.15) is 0 Å². The minimum Gasteiger partial charge on any atom is -0.481 e. The average molecular weight is 242 g/mol. The van der Waals surface area contributed by atoms with E-state index >= 15 is 0 Å². The third-order valence-corrected chi connectivity index (χ3v) is 3.60. The van der Waals surface area contributed by atoms with Crippen molar-refractivity contribution in [2.45, 2.75) is 32.7 Å². The summed E-state index contributed by atoms with van der Waals surface area (Å²) in [6.45, 7) is 5.74. The van der Waals surface area contributed by atoms with E-state index in [0.29, 0.717) is 32.5 Å². The number of likely N-dealkylation sites (tertiary alicyclic amines) is 1. The number of aliphatic carboxylic acids is 1. The maximum atomic E-state index is 11.8. The van der Waals surface area contributed by atoms with Gasteiger partial charge in [0, 0.05) is 19.6 Å². The summed E-state index contributed by atoms with van der Waals surface area (Å²) in [5.74, 6) is -0.859. The van der Waals surface area contributed by atoms with Gasteiger partial charge >= 0.3 is 5.97 Å². The summed E-state index contributed by atoms with van der Waals surface area (Å²) in [5, 5.41) is 8.96. The second kappa shape index (κ2) is 6.00. The number of nitrogens with zero attached hydrogens (tertiary/aromatic N) is 2. The van der Waals surface area contributed by atoms with Crippen LogP contribution in [0.15, 0.2) is 0 Å². The number of rotatable bonds is 4. The van der Waals surface area contributed by atoms with Gasteiger partial charge in [-0.1, -0.05) is 0 Å². The van der Waals surface area contributed by atoms with Crippen molar-refractivity contribution in [3.63, 3.8) is 0 Å². The number of carbonyl (C=O) groups excluding carboxylic acids is 1. The van der Waals surface area contributed by atoms with Gasteiger partial charge in [-0.15, -0.1) is 0 Å². The summed E-state index contributed by atoms with van der Waals surface area (Å²) in [4.78, 5) is 26.4. The lowest BCUT2D eigenvalue weighted by Gasteiger charge is -2.36. The summed E-state index contributed by atoms with van der Waals surface area (Å²) in [6, 6.07) is 0.166. The second-order valence-electron chi connectivity index (χ2n) is 4.79. The van der Waals surface area contributed by atoms with Crippen molar-refractivity contribution in [3.05, 3.63) is 0 Å². The number of carboxylic acid groups (broad SMARTS) is 1. The van der Waals surface area contributed by atoms with Gasteiger partial charge in [0.2, 0.25) is 5.91 Å². The van der Waals surface area contributed by atoms with E-state index in [1.165, 1.54) is 0 Å². The number of piperidine rings is 1. The Hall–Kier alpha value is -1.10. The van der Waals surface area contributed by atoms with Gasteiger partial charge in [-0.05, 0) is 33.2 Å². The third kappa shape index (κ3) is 3.70. The number of carboxylic acids is 1. The fourth-order valence-corrected chi connectivity index (χ4v) is 2.15. The highest BCUT2D eigenvalue weighted by molar-refractivity contribution is 5.78. The van der Waals surface area contributed by atoms with E-state index in [1.54, 1.807) is 11.9 Å². The van der Waals surface area contributed by atoms with Crippen LogP contribution in [-0.4, -0.2) is 59.5 Å². The van der Waals surface area contributed by atoms with Crippen molar-refractivity contribution in [3.8, 4) is 0 Å². The summed E-state index contributed by atoms with van der Waals surface area (Å²) in [7, 11) is 1.79. The summed E-state index contributed by atoms with van der Waals surface area (Å²) >= 11 is 0. The quantitative estimate of drug-likeness (QED) is 0.786. The predicted molar refractivity (Wildman–Crippen MR) is 64.7 cm³/mol. The molecule has 98 valence electrons. The molecule has 0 spiro atoms. The van der Waals surface area contributed by atoms with Crippen molar-refractivity contribution in [2.24, 2.45) is 5.92 Å². The fourth-order valence-electron chi connectivity index (χ4n) is 2.15. The van der Waals surface area contributed by atoms with Gasteiger partial charge < -0.3 is 10.0 Å². The molecular weight excluding hydrogens is 220 g/mol. The SMILES string of the molecule is CCN(C)C(=O)CN1CCC(C(=O)O)CC1C. The van der Waals surface area contributed by atoms with Gasteiger partial charge in [0.15, 0.2) is 0 Å². The van der Waals surface area contributed by atoms with Gasteiger partial charge in [-0.3, -0.25) is 14.5 Å². The standard InChI is InChI=1S/C12H22N2O3/c1-4-13(3)11(15)8-14-6-5-10(12(16)17)7-9(14)2/h9-10H,4-8H2,1-3H3,(H,16,17). The number of hydrogen-bond donors (Lipinski definition) is 1. The zero-order valence-electron chi connectivity index (χ0n) is 10.8. The van der Waals surface area contributed by atoms with Crippen molar-refractivity contribution >= 4 is 11.9 Å². The molecule has 0 aliphatic carbocycles. The van der Waals surface area contributed by atoms with Crippen LogP contribution in [0.2, 0.25) is 0 Å². The Balaban J connectivity index is 2.47. The van der Waals surface area contributed by atoms with Gasteiger partial charge in [-0.2, -0.15) is 0 Å². The molecule has 1 N–H and O–H groups in total. The van der Waals surface area contributed by atoms with E-state index in [-0.39, 0.29) is 17.9 Å². The fraction of sp³-hybridized carbons (Fsp3) is 0.833. The molecule has 1 rings (SSSR count). The molecule has 1 aliphatic heterocycles. The Labute approximate surface area is 102 Å². The Morgan fingerprint density at radius 2 is 2.12 bits per heavy atom. The Kier molecular flexibility index (Phi) is 4.93. The third-order valence-electron chi connectivity index (χ3n) is 3.60. The van der Waals surface area contributed by atoms with Crippen LogP contribution >= 0.6 is 0 Å². The molecule has 2 atom stereocenters. The molecule has 17 heavy (non-hydrogen) atoms. The van der Waals surface area contributed by atoms with Crippen LogP contribution in [0.1, 0.15) is 26.7 Å². The normalized spacial score (nSPS) is 25.6. The van der Waals surface area contributed by atoms with Crippen LogP contribution in [-0.2, 0) is 9.59 Å². The lowest BCUT2D eigenvalue weighted by atomic mass is 9.92. The van der Waals surface area contributed by atoms with E-state index in [0.717, 1.165) is 0 Å². The molecule has 0 aromatic carbocycles. The molecule has 1 saturated heterocycles. The van der Waals surface area contributed by atoms with Gasteiger partial charge in [0.25, 0.3) is 0 Å². The van der Waals surface area contributed by atoms with Gasteiger partial charge in [0.05, 0.1) is 12.5 Å². The van der Waals surface area contributed by atoms with E-state index < -0.39 is 5.97 Å². The van der Waals surface area contributed by atoms with Crippen LogP contribution < -0.4 is 0 Å². The van der Waals surface area contributed by atoms with E-state index in [9.17, 15) is 9.59 Å². The monoisotopic (exact) mass is 242 g/mol. The molecule has 0 aromatic heterocycles. The summed E-state index contributed by atoms with van der Waals surface area (Å²) in [6.07, 6.45) is 1.28. The highest BCUT2D eigenvalue weighted by atomic mass is 16.4. The molecule has 0 saturated carbocycles. The second-order valence-corrected chi connectivity index (χ2v) is 4.79. The Morgan fingerprint density at radius 3 is 2.59 bits per heavy atom. The lowest BCUT2D eigenvalue weighted by Crippen LogP contribution is -2.47. The van der Waals surface area contributed by atoms with Crippen LogP contribution in [0.25, 0.3) is 0 Å². The summed E-state index contributed by atoms with van der Waals surface area (Å²) < 4.78 is 0. The first kappa shape index (κ1) is 14.0. The van der Waals surface area contributed by atoms with Crippen molar-refractivity contribution in [1.29, 1.82) is 0 Å². The van der Waals surface area contributed by atoms with E-state index in [1.807, 2.05) is 13.8 Å². The van der Waals surface area contributed by atoms with Crippen molar-refractivity contribution in [2.75, 3.05) is 26.7 Å². The predicted octanol–water partition coefficient (Wildman–Crippen LogP) is 0.650. The molecule has 0 aromatic rings. The molecule has 0 radical (unpaired) electrons. The zero-order chi connectivity index (χ0) is 13.0. The molecule has 1 amide bonds. The first-order valence-corrected chi connectivity index (χ1v) is 6.16. The largest absolute Gasteiger partial charge is 0.481 e. The first-order chi connectivity index (χ1) is 7.95. The first-order valence-electron chi connectivity index (χ1n) is 6.16. The lowest BCUT2D eigenvalue weighted by molar-refractivity contribution is -0.144. The van der Waals surface area contributed by atoms with Crippen LogP contribution in [0, 0.1) is 5.92 Å². The minimum atomic E-state index is -0.714. The molecule has 1 fully saturated rings. The average Bonchev–Trinajstić information content (AvgIpc) is 2.30. The van der Waals surface area contributed by atoms with Crippen LogP contribution in [0.5, 0.6) is 0 Å². The molecule has 5 nitrogen and oxygen atoms in total. The van der Waals surface area contributed by atoms with Crippen molar-refractivity contribution in [1.82, 2.24) is 9.80 Å². The molecule has 2 unspecified atom stereocenters. The molecule has 0 bridgehead atoms. The molecular formula is C12H22N2O3. The highest BCUT2D eigenvalue weighted by Gasteiger charge is 2.30. The molecule has 1 heterocycles. The van der Waals surface area contributed by atoms with Crippen LogP contribution in [0.4, 0.5) is 0 Å². The van der Waals surface area contributed by atoms with E-state index in [2.05, 4.69) is 4.90 Å². The smallest absolute Gasteiger partial charge is 0.306 e. The maximum Gasteiger partial charge on any atom is 0.306 e. The molecule has 1 aliphatic rings. The van der Waals surface area contributed by atoms with E-state index in [4.69, 9.17) is 5.11 Å². The number of hydrogen-bond acceptors (Lipinski definition) is 3. The zero-order valence-corrected chi connectivity index (χ0v) is 10.8. The van der Waals surface area contributed by atoms with Gasteiger partial charge in [-0.25, -0.2) is 0 Å². The van der Waals surface area contributed by atoms with Crippen LogP contribution in [0.3, 0.4) is 0 Å². The Bertz CT molecular complexity index is 293. The topological polar surface area (TPSA) is 60.9 Å². The number of carbonyl (C=O) groups is 2. The molecule has 5 heteroatoms. The van der Waals surface area contributed by atoms with Crippen molar-refractivity contribution < 1.29 is 14.7 Å². The number of amides is 1. The minimum absolute atomic E-state index is 0.105. The maximum absolute atomic E-state index is 11.8.